The van der Waals surface area contributed by atoms with Gasteiger partial charge in [0.15, 0.2) is 0 Å². The van der Waals surface area contributed by atoms with Gasteiger partial charge in [0.1, 0.15) is 17.5 Å². The number of benzene rings is 3. The second kappa shape index (κ2) is 9.31. The molecule has 0 bridgehead atoms. The van der Waals surface area contributed by atoms with Crippen LogP contribution in [-0.4, -0.2) is 5.91 Å². The van der Waals surface area contributed by atoms with Crippen LogP contribution in [0.5, 0.6) is 0 Å². The third kappa shape index (κ3) is 5.63. The van der Waals surface area contributed by atoms with Crippen LogP contribution in [0.2, 0.25) is 0 Å². The number of hydrogen-bond donors (Lipinski definition) is 1. The summed E-state index contributed by atoms with van der Waals surface area (Å²) in [6.45, 7) is 1.93. The van der Waals surface area contributed by atoms with E-state index in [1.54, 1.807) is 18.2 Å². The van der Waals surface area contributed by atoms with Gasteiger partial charge in [-0.15, -0.1) is 0 Å². The molecule has 0 saturated carbocycles. The second-order valence-electron chi connectivity index (χ2n) is 6.65. The lowest BCUT2D eigenvalue weighted by Crippen LogP contribution is -2.13. The number of carbonyl (C=O) groups excluding carboxylic acids is 1. The Morgan fingerprint density at radius 2 is 1.93 bits per heavy atom. The SMILES string of the molecule is Cc1cccc(NC(=O)/C(C#N)=C/c2ccc(Cc3cccc(F)c3)c(Br)c2)c1. The van der Waals surface area contributed by atoms with Gasteiger partial charge in [-0.1, -0.05) is 52.3 Å². The summed E-state index contributed by atoms with van der Waals surface area (Å²) in [5.74, 6) is -0.727. The average Bonchev–Trinajstić information content (AvgIpc) is 2.68. The quantitative estimate of drug-likeness (QED) is 0.382. The van der Waals surface area contributed by atoms with Crippen molar-refractivity contribution in [1.82, 2.24) is 0 Å². The van der Waals surface area contributed by atoms with Crippen molar-refractivity contribution in [2.24, 2.45) is 0 Å². The maximum Gasteiger partial charge on any atom is 0.266 e. The highest BCUT2D eigenvalue weighted by Crippen LogP contribution is 2.23. The minimum atomic E-state index is -0.460. The molecule has 0 fully saturated rings. The Hall–Kier alpha value is -3.23. The fourth-order valence-electron chi connectivity index (χ4n) is 2.90. The molecule has 1 N–H and O–H groups in total. The first-order chi connectivity index (χ1) is 13.9. The number of nitrogens with zero attached hydrogens (tertiary/aromatic N) is 1. The number of nitriles is 1. The van der Waals surface area contributed by atoms with E-state index in [9.17, 15) is 14.4 Å². The predicted molar refractivity (Wildman–Crippen MR) is 117 cm³/mol. The van der Waals surface area contributed by atoms with Crippen LogP contribution in [0.3, 0.4) is 0 Å². The van der Waals surface area contributed by atoms with Gasteiger partial charge in [-0.3, -0.25) is 4.79 Å². The lowest BCUT2D eigenvalue weighted by Gasteiger charge is -2.08. The Morgan fingerprint density at radius 3 is 2.62 bits per heavy atom. The zero-order valence-corrected chi connectivity index (χ0v) is 17.3. The van der Waals surface area contributed by atoms with Gasteiger partial charge in [-0.25, -0.2) is 4.39 Å². The van der Waals surface area contributed by atoms with Crippen LogP contribution in [0.25, 0.3) is 6.08 Å². The number of anilines is 1. The molecule has 3 rings (SSSR count). The third-order valence-electron chi connectivity index (χ3n) is 4.31. The molecule has 3 nitrogen and oxygen atoms in total. The second-order valence-corrected chi connectivity index (χ2v) is 7.51. The van der Waals surface area contributed by atoms with Crippen molar-refractivity contribution in [3.05, 3.63) is 105 Å². The molecule has 0 atom stereocenters. The molecule has 0 unspecified atom stereocenters. The Bertz CT molecular complexity index is 1130. The molecule has 0 aliphatic heterocycles. The summed E-state index contributed by atoms with van der Waals surface area (Å²) in [6, 6.07) is 21.4. The molecule has 3 aromatic rings. The van der Waals surface area contributed by atoms with E-state index < -0.39 is 5.91 Å². The lowest BCUT2D eigenvalue weighted by atomic mass is 10.0. The van der Waals surface area contributed by atoms with Crippen molar-refractivity contribution in [3.63, 3.8) is 0 Å². The molecule has 0 aromatic heterocycles. The monoisotopic (exact) mass is 448 g/mol. The van der Waals surface area contributed by atoms with Gasteiger partial charge in [-0.2, -0.15) is 5.26 Å². The lowest BCUT2D eigenvalue weighted by molar-refractivity contribution is -0.112. The summed E-state index contributed by atoms with van der Waals surface area (Å²) in [5.41, 5.74) is 4.23. The normalized spacial score (nSPS) is 11.0. The summed E-state index contributed by atoms with van der Waals surface area (Å²) >= 11 is 3.53. The van der Waals surface area contributed by atoms with Crippen molar-refractivity contribution in [2.45, 2.75) is 13.3 Å². The van der Waals surface area contributed by atoms with E-state index in [1.165, 1.54) is 12.1 Å². The zero-order valence-electron chi connectivity index (χ0n) is 15.7. The molecule has 29 heavy (non-hydrogen) atoms. The van der Waals surface area contributed by atoms with Crippen LogP contribution in [0.1, 0.15) is 22.3 Å². The van der Waals surface area contributed by atoms with Crippen molar-refractivity contribution in [1.29, 1.82) is 5.26 Å². The van der Waals surface area contributed by atoms with Crippen molar-refractivity contribution in [3.8, 4) is 6.07 Å². The van der Waals surface area contributed by atoms with Gasteiger partial charge in [0, 0.05) is 10.2 Å². The maximum absolute atomic E-state index is 13.4. The minimum Gasteiger partial charge on any atom is -0.321 e. The first-order valence-corrected chi connectivity index (χ1v) is 9.76. The van der Waals surface area contributed by atoms with E-state index in [-0.39, 0.29) is 11.4 Å². The van der Waals surface area contributed by atoms with E-state index in [2.05, 4.69) is 21.2 Å². The maximum atomic E-state index is 13.4. The molecule has 144 valence electrons. The topological polar surface area (TPSA) is 52.9 Å². The average molecular weight is 449 g/mol. The first kappa shape index (κ1) is 20.5. The summed E-state index contributed by atoms with van der Waals surface area (Å²) in [5, 5.41) is 12.1. The van der Waals surface area contributed by atoms with Crippen LogP contribution < -0.4 is 5.32 Å². The van der Waals surface area contributed by atoms with E-state index in [0.29, 0.717) is 12.1 Å². The zero-order chi connectivity index (χ0) is 20.8. The number of halogens is 2. The molecular weight excluding hydrogens is 431 g/mol. The van der Waals surface area contributed by atoms with Crippen molar-refractivity contribution >= 4 is 33.6 Å². The fraction of sp³-hybridized carbons (Fsp3) is 0.0833. The Balaban J connectivity index is 1.78. The highest BCUT2D eigenvalue weighted by Gasteiger charge is 2.10. The number of hydrogen-bond acceptors (Lipinski definition) is 2. The Labute approximate surface area is 177 Å². The number of nitrogens with one attached hydrogen (secondary N) is 1. The van der Waals surface area contributed by atoms with Crippen LogP contribution in [-0.2, 0) is 11.2 Å². The van der Waals surface area contributed by atoms with Gasteiger partial charge in [0.2, 0.25) is 0 Å². The molecule has 5 heteroatoms. The highest BCUT2D eigenvalue weighted by molar-refractivity contribution is 9.10. The Morgan fingerprint density at radius 1 is 1.14 bits per heavy atom. The van der Waals surface area contributed by atoms with E-state index in [1.807, 2.05) is 55.5 Å². The first-order valence-electron chi connectivity index (χ1n) is 8.97. The Kier molecular flexibility index (Phi) is 6.58. The number of aryl methyl sites for hydroxylation is 1. The van der Waals surface area contributed by atoms with Gasteiger partial charge in [0.05, 0.1) is 0 Å². The summed E-state index contributed by atoms with van der Waals surface area (Å²) in [7, 11) is 0. The van der Waals surface area contributed by atoms with Crippen molar-refractivity contribution in [2.75, 3.05) is 5.32 Å². The van der Waals surface area contributed by atoms with Crippen molar-refractivity contribution < 1.29 is 9.18 Å². The van der Waals surface area contributed by atoms with Gasteiger partial charge in [-0.05, 0) is 72.0 Å². The van der Waals surface area contributed by atoms with Crippen LogP contribution in [0, 0.1) is 24.1 Å². The smallest absolute Gasteiger partial charge is 0.266 e. The molecule has 0 spiro atoms. The molecule has 0 aliphatic rings. The number of carbonyl (C=O) groups is 1. The third-order valence-corrected chi connectivity index (χ3v) is 5.05. The van der Waals surface area contributed by atoms with Gasteiger partial charge < -0.3 is 5.32 Å². The predicted octanol–water partition coefficient (Wildman–Crippen LogP) is 6.03. The fourth-order valence-corrected chi connectivity index (χ4v) is 3.44. The molecule has 1 amide bonds. The van der Waals surface area contributed by atoms with E-state index in [4.69, 9.17) is 0 Å². The van der Waals surface area contributed by atoms with Crippen LogP contribution in [0.4, 0.5) is 10.1 Å². The number of rotatable bonds is 5. The molecule has 0 heterocycles. The summed E-state index contributed by atoms with van der Waals surface area (Å²) in [6.07, 6.45) is 2.11. The molecule has 0 saturated heterocycles. The largest absolute Gasteiger partial charge is 0.321 e. The van der Waals surface area contributed by atoms with Gasteiger partial charge >= 0.3 is 0 Å². The molecule has 0 aliphatic carbocycles. The van der Waals surface area contributed by atoms with Gasteiger partial charge in [0.25, 0.3) is 5.91 Å². The van der Waals surface area contributed by atoms with Crippen LogP contribution >= 0.6 is 15.9 Å². The summed E-state index contributed by atoms with van der Waals surface area (Å²) in [4.78, 5) is 12.4. The molecular formula is C24H18BrFN2O. The molecule has 3 aromatic carbocycles. The van der Waals surface area contributed by atoms with E-state index in [0.717, 1.165) is 26.7 Å². The standard InChI is InChI=1S/C24H18BrFN2O/c1-16-4-2-7-22(10-16)28-24(29)20(15-27)12-18-8-9-19(23(25)14-18)11-17-5-3-6-21(26)13-17/h2-10,12-14H,11H2,1H3,(H,28,29)/b20-12+. The molecule has 0 radical (unpaired) electrons. The van der Waals surface area contributed by atoms with E-state index >= 15 is 0 Å². The summed E-state index contributed by atoms with van der Waals surface area (Å²) < 4.78 is 14.2. The highest BCUT2D eigenvalue weighted by atomic mass is 79.9. The van der Waals surface area contributed by atoms with Crippen LogP contribution in [0.15, 0.2) is 76.8 Å². The number of amides is 1. The minimum absolute atomic E-state index is 0.0105.